The monoisotopic (exact) mass is 416 g/mol. The van der Waals surface area contributed by atoms with Gasteiger partial charge >= 0.3 is 0 Å². The first kappa shape index (κ1) is 20.8. The van der Waals surface area contributed by atoms with Crippen LogP contribution in [-0.2, 0) is 13.2 Å². The van der Waals surface area contributed by atoms with E-state index in [9.17, 15) is 0 Å². The lowest BCUT2D eigenvalue weighted by molar-refractivity contribution is 0.304. The summed E-state index contributed by atoms with van der Waals surface area (Å²) in [6.07, 6.45) is 0. The van der Waals surface area contributed by atoms with Crippen molar-refractivity contribution in [3.63, 3.8) is 0 Å². The predicted molar refractivity (Wildman–Crippen MR) is 124 cm³/mol. The van der Waals surface area contributed by atoms with Gasteiger partial charge in [-0.1, -0.05) is 36.4 Å². The molecule has 4 aromatic rings. The molecule has 0 unspecified atom stereocenters. The fourth-order valence-electron chi connectivity index (χ4n) is 3.80. The van der Waals surface area contributed by atoms with Gasteiger partial charge in [-0.25, -0.2) is 4.68 Å². The van der Waals surface area contributed by atoms with Crippen molar-refractivity contribution in [2.45, 2.75) is 27.0 Å². The molecular formula is C24H28N6O. The van der Waals surface area contributed by atoms with Gasteiger partial charge in [-0.3, -0.25) is 0 Å². The van der Waals surface area contributed by atoms with Crippen LogP contribution < -0.4 is 15.0 Å². The van der Waals surface area contributed by atoms with E-state index >= 15 is 0 Å². The number of hydrogen-bond acceptors (Lipinski definition) is 6. The average molecular weight is 417 g/mol. The highest BCUT2D eigenvalue weighted by molar-refractivity contribution is 5.92. The van der Waals surface area contributed by atoms with Gasteiger partial charge in [0.2, 0.25) is 0 Å². The van der Waals surface area contributed by atoms with Crippen molar-refractivity contribution in [2.24, 2.45) is 0 Å². The lowest BCUT2D eigenvalue weighted by Crippen LogP contribution is -2.12. The van der Waals surface area contributed by atoms with E-state index in [1.165, 1.54) is 5.56 Å². The molecule has 2 aromatic heterocycles. The number of para-hydroxylation sites is 2. The summed E-state index contributed by atoms with van der Waals surface area (Å²) >= 11 is 0. The molecular weight excluding hydrogens is 388 g/mol. The molecule has 0 aliphatic heterocycles. The third kappa shape index (κ3) is 4.09. The highest BCUT2D eigenvalue weighted by atomic mass is 16.5. The van der Waals surface area contributed by atoms with Crippen LogP contribution in [0.15, 0.2) is 48.5 Å². The quantitative estimate of drug-likeness (QED) is 0.494. The number of anilines is 1. The summed E-state index contributed by atoms with van der Waals surface area (Å²) in [7, 11) is 5.85. The molecule has 4 rings (SSSR count). The van der Waals surface area contributed by atoms with Crippen LogP contribution in [-0.4, -0.2) is 41.1 Å². The molecule has 0 aliphatic rings. The highest BCUT2D eigenvalue weighted by Crippen LogP contribution is 2.31. The third-order valence-corrected chi connectivity index (χ3v) is 5.27. The number of ether oxygens (including phenoxy) is 1. The number of rotatable bonds is 7. The topological polar surface area (TPSA) is 68.1 Å². The Labute approximate surface area is 182 Å². The molecule has 2 heterocycles. The zero-order valence-electron chi connectivity index (χ0n) is 18.7. The molecule has 160 valence electrons. The predicted octanol–water partition coefficient (Wildman–Crippen LogP) is 3.80. The van der Waals surface area contributed by atoms with Crippen LogP contribution in [0.1, 0.15) is 22.5 Å². The number of nitrogens with one attached hydrogen (secondary N) is 1. The Morgan fingerprint density at radius 3 is 2.55 bits per heavy atom. The molecule has 0 bridgehead atoms. The number of aromatic nitrogens is 4. The smallest absolute Gasteiger partial charge is 0.179 e. The zero-order chi connectivity index (χ0) is 22.0. The summed E-state index contributed by atoms with van der Waals surface area (Å²) in [6.45, 7) is 5.34. The van der Waals surface area contributed by atoms with Gasteiger partial charge in [-0.05, 0) is 44.2 Å². The molecule has 0 fully saturated rings. The van der Waals surface area contributed by atoms with Gasteiger partial charge in [-0.2, -0.15) is 10.2 Å². The molecule has 0 saturated carbocycles. The Morgan fingerprint density at radius 1 is 1.00 bits per heavy atom. The molecule has 1 N–H and O–H groups in total. The number of hydrogen-bond donors (Lipinski definition) is 1. The van der Waals surface area contributed by atoms with E-state index in [-0.39, 0.29) is 0 Å². The van der Waals surface area contributed by atoms with E-state index in [1.807, 2.05) is 61.9 Å². The van der Waals surface area contributed by atoms with Gasteiger partial charge in [0.25, 0.3) is 0 Å². The minimum Gasteiger partial charge on any atom is -0.487 e. The average Bonchev–Trinajstić information content (AvgIpc) is 3.11. The number of fused-ring (bicyclic) bond motifs is 1. The first-order chi connectivity index (χ1) is 15.0. The van der Waals surface area contributed by atoms with Crippen LogP contribution >= 0.6 is 0 Å². The van der Waals surface area contributed by atoms with Crippen molar-refractivity contribution in [2.75, 3.05) is 26.0 Å². The maximum Gasteiger partial charge on any atom is 0.179 e. The fraction of sp³-hybridized carbons (Fsp3) is 0.292. The number of nitrogens with zero attached hydrogens (tertiary/aromatic N) is 5. The van der Waals surface area contributed by atoms with Crippen LogP contribution in [0.5, 0.6) is 5.75 Å². The van der Waals surface area contributed by atoms with Crippen molar-refractivity contribution < 1.29 is 4.74 Å². The van der Waals surface area contributed by atoms with Crippen molar-refractivity contribution in [1.29, 1.82) is 0 Å². The first-order valence-electron chi connectivity index (χ1n) is 10.3. The van der Waals surface area contributed by atoms with Crippen LogP contribution in [0.2, 0.25) is 0 Å². The minimum atomic E-state index is 0.486. The van der Waals surface area contributed by atoms with E-state index in [2.05, 4.69) is 46.7 Å². The molecule has 31 heavy (non-hydrogen) atoms. The molecule has 7 nitrogen and oxygen atoms in total. The van der Waals surface area contributed by atoms with Crippen molar-refractivity contribution in [3.05, 3.63) is 71.0 Å². The maximum absolute atomic E-state index is 6.25. The SMILES string of the molecule is CNCc1cccc(COc2ccccc2-n2nc3c(N(C)C)nnc(C)c3c2C)c1. The molecule has 0 amide bonds. The largest absolute Gasteiger partial charge is 0.487 e. The highest BCUT2D eigenvalue weighted by Gasteiger charge is 2.19. The minimum absolute atomic E-state index is 0.486. The van der Waals surface area contributed by atoms with Gasteiger partial charge in [-0.15, -0.1) is 5.10 Å². The van der Waals surface area contributed by atoms with Gasteiger partial charge in [0.1, 0.15) is 23.6 Å². The Balaban J connectivity index is 1.71. The molecule has 0 atom stereocenters. The van der Waals surface area contributed by atoms with Gasteiger partial charge < -0.3 is 15.0 Å². The molecule has 0 radical (unpaired) electrons. The Hall–Kier alpha value is -3.45. The standard InChI is InChI=1S/C24H28N6O/c1-16-22-17(2)30(28-23(22)24(27-26-16)29(4)5)20-11-6-7-12-21(20)31-15-19-10-8-9-18(13-19)14-25-3/h6-13,25H,14-15H2,1-5H3. The van der Waals surface area contributed by atoms with E-state index in [0.717, 1.165) is 51.7 Å². The van der Waals surface area contributed by atoms with Crippen LogP contribution in [0.25, 0.3) is 16.6 Å². The van der Waals surface area contributed by atoms with Crippen molar-refractivity contribution in [1.82, 2.24) is 25.3 Å². The van der Waals surface area contributed by atoms with E-state index < -0.39 is 0 Å². The van der Waals surface area contributed by atoms with Crippen molar-refractivity contribution >= 4 is 16.7 Å². The van der Waals surface area contributed by atoms with Crippen LogP contribution in [0.4, 0.5) is 5.82 Å². The van der Waals surface area contributed by atoms with Gasteiger partial charge in [0, 0.05) is 20.6 Å². The van der Waals surface area contributed by atoms with Crippen LogP contribution in [0.3, 0.4) is 0 Å². The summed E-state index contributed by atoms with van der Waals surface area (Å²) in [5.41, 5.74) is 5.97. The van der Waals surface area contributed by atoms with Crippen LogP contribution in [0, 0.1) is 13.8 Å². The van der Waals surface area contributed by atoms with E-state index in [1.54, 1.807) is 0 Å². The fourth-order valence-corrected chi connectivity index (χ4v) is 3.80. The second kappa shape index (κ2) is 8.73. The third-order valence-electron chi connectivity index (χ3n) is 5.27. The van der Waals surface area contributed by atoms with Gasteiger partial charge in [0.05, 0.1) is 16.8 Å². The lowest BCUT2D eigenvalue weighted by atomic mass is 10.1. The Bertz CT molecular complexity index is 1210. The zero-order valence-corrected chi connectivity index (χ0v) is 18.7. The number of aryl methyl sites for hydroxylation is 2. The maximum atomic E-state index is 6.25. The summed E-state index contributed by atoms with van der Waals surface area (Å²) in [4.78, 5) is 1.94. The second-order valence-electron chi connectivity index (χ2n) is 7.83. The first-order valence-corrected chi connectivity index (χ1v) is 10.3. The van der Waals surface area contributed by atoms with E-state index in [4.69, 9.17) is 9.84 Å². The Morgan fingerprint density at radius 2 is 1.77 bits per heavy atom. The summed E-state index contributed by atoms with van der Waals surface area (Å²) in [6, 6.07) is 16.4. The second-order valence-corrected chi connectivity index (χ2v) is 7.83. The van der Waals surface area contributed by atoms with E-state index in [0.29, 0.717) is 6.61 Å². The van der Waals surface area contributed by atoms with Gasteiger partial charge in [0.15, 0.2) is 5.82 Å². The molecule has 2 aromatic carbocycles. The van der Waals surface area contributed by atoms with Crippen molar-refractivity contribution in [3.8, 4) is 11.4 Å². The lowest BCUT2D eigenvalue weighted by Gasteiger charge is -2.13. The Kier molecular flexibility index (Phi) is 5.86. The normalized spacial score (nSPS) is 11.1. The molecule has 0 saturated heterocycles. The summed E-state index contributed by atoms with van der Waals surface area (Å²) in [5, 5.41) is 17.8. The summed E-state index contributed by atoms with van der Waals surface area (Å²) in [5.74, 6) is 1.53. The molecule has 0 spiro atoms. The molecule has 7 heteroatoms. The molecule has 0 aliphatic carbocycles. The number of benzene rings is 2. The summed E-state index contributed by atoms with van der Waals surface area (Å²) < 4.78 is 8.18.